The van der Waals surface area contributed by atoms with Gasteiger partial charge in [0.1, 0.15) is 0 Å². The number of hydrogen-bond donors (Lipinski definition) is 1. The molecule has 1 fully saturated rings. The largest absolute Gasteiger partial charge is 0.350 e. The van der Waals surface area contributed by atoms with E-state index in [-0.39, 0.29) is 27.4 Å². The Balaban J connectivity index is 1.67. The minimum Gasteiger partial charge on any atom is -0.350 e. The van der Waals surface area contributed by atoms with Gasteiger partial charge in [-0.15, -0.1) is 0 Å². The van der Waals surface area contributed by atoms with Crippen LogP contribution in [0, 0.1) is 0 Å². The zero-order chi connectivity index (χ0) is 21.0. The molecule has 1 atom stereocenters. The third-order valence-electron chi connectivity index (χ3n) is 5.04. The van der Waals surface area contributed by atoms with Crippen LogP contribution in [0.4, 0.5) is 0 Å². The van der Waals surface area contributed by atoms with E-state index in [0.29, 0.717) is 13.1 Å². The number of carbonyl (C=O) groups excluding carboxylic acids is 1. The van der Waals surface area contributed by atoms with Crippen LogP contribution in [0.2, 0.25) is 5.02 Å². The van der Waals surface area contributed by atoms with Crippen LogP contribution in [0.3, 0.4) is 0 Å². The lowest BCUT2D eigenvalue weighted by molar-refractivity contribution is 0.0938. The maximum atomic E-state index is 12.8. The Hall–Kier alpha value is -1.41. The van der Waals surface area contributed by atoms with E-state index >= 15 is 0 Å². The van der Waals surface area contributed by atoms with Crippen molar-refractivity contribution in [2.24, 2.45) is 0 Å². The van der Waals surface area contributed by atoms with Crippen molar-refractivity contribution in [3.05, 3.63) is 63.1 Å². The molecule has 3 rings (SSSR count). The second-order valence-electron chi connectivity index (χ2n) is 7.29. The number of amides is 1. The van der Waals surface area contributed by atoms with Gasteiger partial charge in [0.2, 0.25) is 10.0 Å². The average Bonchev–Trinajstić information content (AvgIpc) is 3.23. The minimum atomic E-state index is -3.60. The summed E-state index contributed by atoms with van der Waals surface area (Å²) in [6.45, 7) is 2.95. The van der Waals surface area contributed by atoms with Crippen molar-refractivity contribution in [3.8, 4) is 0 Å². The number of nitrogens with one attached hydrogen (secondary N) is 1. The Morgan fingerprint density at radius 3 is 2.48 bits per heavy atom. The second-order valence-corrected chi connectivity index (χ2v) is 10.6. The Bertz CT molecular complexity index is 974. The first kappa shape index (κ1) is 22.3. The molecule has 0 spiro atoms. The van der Waals surface area contributed by atoms with Gasteiger partial charge in [-0.2, -0.15) is 4.31 Å². The van der Waals surface area contributed by atoms with E-state index in [1.54, 1.807) is 0 Å². The summed E-state index contributed by atoms with van der Waals surface area (Å²) in [7, 11) is -3.60. The highest BCUT2D eigenvalue weighted by Gasteiger charge is 2.28. The molecule has 0 saturated carbocycles. The maximum absolute atomic E-state index is 12.8. The number of hydrogen-bond acceptors (Lipinski definition) is 3. The van der Waals surface area contributed by atoms with E-state index in [4.69, 9.17) is 11.6 Å². The molecule has 1 amide bonds. The third kappa shape index (κ3) is 5.60. The average molecular weight is 500 g/mol. The molecule has 1 saturated heterocycles. The standard InChI is InChI=1S/C21H24BrClN2O3S/c1-15(4-5-16-6-8-17(22)9-7-16)24-21(26)19-14-18(10-11-20(19)23)29(27,28)25-12-2-3-13-25/h6-11,14-15H,2-5,12-13H2,1H3,(H,24,26). The number of rotatable bonds is 7. The van der Waals surface area contributed by atoms with Gasteiger partial charge in [-0.1, -0.05) is 39.7 Å². The number of aryl methyl sites for hydroxylation is 1. The lowest BCUT2D eigenvalue weighted by Gasteiger charge is -2.18. The zero-order valence-electron chi connectivity index (χ0n) is 16.2. The summed E-state index contributed by atoms with van der Waals surface area (Å²) in [5.41, 5.74) is 1.37. The van der Waals surface area contributed by atoms with Gasteiger partial charge in [0.15, 0.2) is 0 Å². The normalized spacial score (nSPS) is 16.0. The van der Waals surface area contributed by atoms with Crippen molar-refractivity contribution >= 4 is 43.5 Å². The number of nitrogens with zero attached hydrogens (tertiary/aromatic N) is 1. The summed E-state index contributed by atoms with van der Waals surface area (Å²) >= 11 is 9.61. The van der Waals surface area contributed by atoms with Crippen LogP contribution in [-0.4, -0.2) is 37.8 Å². The highest BCUT2D eigenvalue weighted by atomic mass is 79.9. The van der Waals surface area contributed by atoms with Crippen molar-refractivity contribution in [1.82, 2.24) is 9.62 Å². The fraction of sp³-hybridized carbons (Fsp3) is 0.381. The van der Waals surface area contributed by atoms with E-state index < -0.39 is 10.0 Å². The molecule has 1 aliphatic heterocycles. The van der Waals surface area contributed by atoms with Gasteiger partial charge in [0, 0.05) is 23.6 Å². The van der Waals surface area contributed by atoms with Crippen LogP contribution in [0.25, 0.3) is 0 Å². The van der Waals surface area contributed by atoms with Crippen molar-refractivity contribution in [1.29, 1.82) is 0 Å². The van der Waals surface area contributed by atoms with Gasteiger partial charge in [-0.05, 0) is 68.5 Å². The van der Waals surface area contributed by atoms with Crippen LogP contribution in [0.15, 0.2) is 51.8 Å². The van der Waals surface area contributed by atoms with E-state index in [1.165, 1.54) is 28.1 Å². The number of sulfonamides is 1. The van der Waals surface area contributed by atoms with Gasteiger partial charge in [-0.3, -0.25) is 4.79 Å². The molecule has 1 N–H and O–H groups in total. The van der Waals surface area contributed by atoms with Crippen LogP contribution < -0.4 is 5.32 Å². The summed E-state index contributed by atoms with van der Waals surface area (Å²) in [5.74, 6) is -0.364. The molecule has 2 aromatic carbocycles. The topological polar surface area (TPSA) is 66.5 Å². The molecule has 0 aliphatic carbocycles. The molecule has 5 nitrogen and oxygen atoms in total. The first-order valence-electron chi connectivity index (χ1n) is 9.62. The first-order valence-corrected chi connectivity index (χ1v) is 12.2. The quantitative estimate of drug-likeness (QED) is 0.603. The summed E-state index contributed by atoms with van der Waals surface area (Å²) < 4.78 is 28.0. The van der Waals surface area contributed by atoms with Crippen LogP contribution in [-0.2, 0) is 16.4 Å². The molecular formula is C21H24BrClN2O3S. The summed E-state index contributed by atoms with van der Waals surface area (Å²) in [5, 5.41) is 3.16. The lowest BCUT2D eigenvalue weighted by atomic mass is 10.1. The fourth-order valence-electron chi connectivity index (χ4n) is 3.32. The molecule has 0 bridgehead atoms. The summed E-state index contributed by atoms with van der Waals surface area (Å²) in [6.07, 6.45) is 3.30. The molecule has 156 valence electrons. The van der Waals surface area contributed by atoms with Crippen molar-refractivity contribution in [2.75, 3.05) is 13.1 Å². The van der Waals surface area contributed by atoms with E-state index in [9.17, 15) is 13.2 Å². The predicted molar refractivity (Wildman–Crippen MR) is 119 cm³/mol. The van der Waals surface area contributed by atoms with Crippen molar-refractivity contribution < 1.29 is 13.2 Å². The van der Waals surface area contributed by atoms with E-state index in [0.717, 1.165) is 30.2 Å². The molecule has 2 aromatic rings. The van der Waals surface area contributed by atoms with Gasteiger partial charge in [0.25, 0.3) is 5.91 Å². The molecule has 1 aliphatic rings. The molecule has 8 heteroatoms. The number of halogens is 2. The lowest BCUT2D eigenvalue weighted by Crippen LogP contribution is -2.33. The second kappa shape index (κ2) is 9.60. The monoisotopic (exact) mass is 498 g/mol. The Morgan fingerprint density at radius 1 is 1.17 bits per heavy atom. The van der Waals surface area contributed by atoms with Gasteiger partial charge >= 0.3 is 0 Å². The van der Waals surface area contributed by atoms with E-state index in [2.05, 4.69) is 21.2 Å². The first-order chi connectivity index (χ1) is 13.8. The number of benzene rings is 2. The minimum absolute atomic E-state index is 0.0824. The van der Waals surface area contributed by atoms with Gasteiger partial charge in [0.05, 0.1) is 15.5 Å². The molecule has 0 radical (unpaired) electrons. The third-order valence-corrected chi connectivity index (χ3v) is 7.79. The molecule has 29 heavy (non-hydrogen) atoms. The smallest absolute Gasteiger partial charge is 0.253 e. The highest BCUT2D eigenvalue weighted by molar-refractivity contribution is 9.10. The summed E-state index contributed by atoms with van der Waals surface area (Å²) in [4.78, 5) is 12.8. The summed E-state index contributed by atoms with van der Waals surface area (Å²) in [6, 6.07) is 12.3. The Morgan fingerprint density at radius 2 is 1.83 bits per heavy atom. The van der Waals surface area contributed by atoms with Crippen molar-refractivity contribution in [2.45, 2.75) is 43.5 Å². The van der Waals surface area contributed by atoms with Crippen molar-refractivity contribution in [3.63, 3.8) is 0 Å². The molecule has 0 aromatic heterocycles. The van der Waals surface area contributed by atoms with E-state index in [1.807, 2.05) is 31.2 Å². The Labute approximate surface area is 185 Å². The van der Waals surface area contributed by atoms with Crippen LogP contribution >= 0.6 is 27.5 Å². The zero-order valence-corrected chi connectivity index (χ0v) is 19.4. The molecule has 1 heterocycles. The number of carbonyl (C=O) groups is 1. The van der Waals surface area contributed by atoms with Gasteiger partial charge < -0.3 is 5.32 Å². The molecular weight excluding hydrogens is 476 g/mol. The fourth-order valence-corrected chi connectivity index (χ4v) is 5.34. The molecule has 1 unspecified atom stereocenters. The SMILES string of the molecule is CC(CCc1ccc(Br)cc1)NC(=O)c1cc(S(=O)(=O)N2CCCC2)ccc1Cl. The van der Waals surface area contributed by atoms with Crippen LogP contribution in [0.5, 0.6) is 0 Å². The van der Waals surface area contributed by atoms with Crippen LogP contribution in [0.1, 0.15) is 42.1 Å². The maximum Gasteiger partial charge on any atom is 0.253 e. The highest BCUT2D eigenvalue weighted by Crippen LogP contribution is 2.25. The Kier molecular flexibility index (Phi) is 7.37. The van der Waals surface area contributed by atoms with Gasteiger partial charge in [-0.25, -0.2) is 8.42 Å². The predicted octanol–water partition coefficient (Wildman–Crippen LogP) is 4.64.